The SMILES string of the molecule is CCOC(=O)C(C)(C)c1nc2ccc(F)cc2[nH]1. The molecule has 1 aromatic carbocycles. The summed E-state index contributed by atoms with van der Waals surface area (Å²) in [5.41, 5.74) is 0.317. The van der Waals surface area contributed by atoms with E-state index in [1.807, 2.05) is 0 Å². The van der Waals surface area contributed by atoms with Crippen molar-refractivity contribution in [3.05, 3.63) is 29.8 Å². The van der Waals surface area contributed by atoms with Crippen molar-refractivity contribution >= 4 is 17.0 Å². The van der Waals surface area contributed by atoms with E-state index in [4.69, 9.17) is 4.74 Å². The fourth-order valence-corrected chi connectivity index (χ4v) is 1.69. The molecule has 0 radical (unpaired) electrons. The van der Waals surface area contributed by atoms with Crippen LogP contribution < -0.4 is 0 Å². The first-order chi connectivity index (χ1) is 8.45. The Bertz CT molecular complexity index is 590. The third kappa shape index (κ3) is 2.08. The molecular weight excluding hydrogens is 235 g/mol. The summed E-state index contributed by atoms with van der Waals surface area (Å²) in [7, 11) is 0. The molecule has 96 valence electrons. The molecule has 0 atom stereocenters. The lowest BCUT2D eigenvalue weighted by Crippen LogP contribution is -2.32. The van der Waals surface area contributed by atoms with E-state index in [1.54, 1.807) is 26.8 Å². The van der Waals surface area contributed by atoms with E-state index in [2.05, 4.69) is 9.97 Å². The largest absolute Gasteiger partial charge is 0.465 e. The lowest BCUT2D eigenvalue weighted by molar-refractivity contribution is -0.149. The summed E-state index contributed by atoms with van der Waals surface area (Å²) in [6, 6.07) is 4.27. The molecule has 0 aliphatic rings. The summed E-state index contributed by atoms with van der Waals surface area (Å²) < 4.78 is 18.1. The lowest BCUT2D eigenvalue weighted by Gasteiger charge is -2.19. The minimum Gasteiger partial charge on any atom is -0.465 e. The third-order valence-electron chi connectivity index (χ3n) is 2.82. The number of carbonyl (C=O) groups excluding carboxylic acids is 1. The predicted molar refractivity (Wildman–Crippen MR) is 65.7 cm³/mol. The number of rotatable bonds is 3. The van der Waals surface area contributed by atoms with Gasteiger partial charge in [-0.05, 0) is 39.0 Å². The van der Waals surface area contributed by atoms with E-state index in [0.29, 0.717) is 23.5 Å². The topological polar surface area (TPSA) is 55.0 Å². The van der Waals surface area contributed by atoms with Gasteiger partial charge in [0.05, 0.1) is 17.6 Å². The molecule has 0 fully saturated rings. The Morgan fingerprint density at radius 2 is 2.22 bits per heavy atom. The van der Waals surface area contributed by atoms with Gasteiger partial charge in [-0.3, -0.25) is 4.79 Å². The highest BCUT2D eigenvalue weighted by molar-refractivity contribution is 5.83. The summed E-state index contributed by atoms with van der Waals surface area (Å²) in [5, 5.41) is 0. The first-order valence-electron chi connectivity index (χ1n) is 5.78. The molecule has 0 spiro atoms. The van der Waals surface area contributed by atoms with E-state index in [1.165, 1.54) is 12.1 Å². The number of benzene rings is 1. The van der Waals surface area contributed by atoms with Gasteiger partial charge >= 0.3 is 5.97 Å². The number of imidazole rings is 1. The molecule has 1 N–H and O–H groups in total. The highest BCUT2D eigenvalue weighted by Crippen LogP contribution is 2.25. The Morgan fingerprint density at radius 1 is 1.50 bits per heavy atom. The maximum absolute atomic E-state index is 13.1. The first-order valence-corrected chi connectivity index (χ1v) is 5.78. The van der Waals surface area contributed by atoms with Crippen LogP contribution in [0, 0.1) is 5.82 Å². The number of H-pyrrole nitrogens is 1. The molecule has 2 rings (SSSR count). The average molecular weight is 250 g/mol. The van der Waals surface area contributed by atoms with E-state index < -0.39 is 5.41 Å². The highest BCUT2D eigenvalue weighted by Gasteiger charge is 2.34. The number of hydrogen-bond acceptors (Lipinski definition) is 3. The molecule has 0 unspecified atom stereocenters. The first kappa shape index (κ1) is 12.5. The van der Waals surface area contributed by atoms with Crippen molar-refractivity contribution in [1.82, 2.24) is 9.97 Å². The molecule has 0 amide bonds. The molecule has 0 saturated heterocycles. The summed E-state index contributed by atoms with van der Waals surface area (Å²) in [6.07, 6.45) is 0. The van der Waals surface area contributed by atoms with Gasteiger partial charge in [0, 0.05) is 0 Å². The molecule has 0 aliphatic carbocycles. The number of esters is 1. The van der Waals surface area contributed by atoms with E-state index in [0.717, 1.165) is 0 Å². The summed E-state index contributed by atoms with van der Waals surface area (Å²) in [5.74, 6) is -0.224. The van der Waals surface area contributed by atoms with Crippen molar-refractivity contribution < 1.29 is 13.9 Å². The van der Waals surface area contributed by atoms with Gasteiger partial charge in [-0.15, -0.1) is 0 Å². The van der Waals surface area contributed by atoms with E-state index in [9.17, 15) is 9.18 Å². The minimum absolute atomic E-state index is 0.317. The zero-order valence-corrected chi connectivity index (χ0v) is 10.6. The molecule has 18 heavy (non-hydrogen) atoms. The second-order valence-electron chi connectivity index (χ2n) is 4.59. The van der Waals surface area contributed by atoms with Gasteiger partial charge in [0.2, 0.25) is 0 Å². The van der Waals surface area contributed by atoms with Crippen molar-refractivity contribution in [3.8, 4) is 0 Å². The average Bonchev–Trinajstić information content (AvgIpc) is 2.72. The summed E-state index contributed by atoms with van der Waals surface area (Å²) >= 11 is 0. The molecule has 1 aromatic heterocycles. The zero-order chi connectivity index (χ0) is 13.3. The van der Waals surface area contributed by atoms with Gasteiger partial charge < -0.3 is 9.72 Å². The van der Waals surface area contributed by atoms with Crippen molar-refractivity contribution in [2.24, 2.45) is 0 Å². The van der Waals surface area contributed by atoms with E-state index >= 15 is 0 Å². The van der Waals surface area contributed by atoms with Crippen molar-refractivity contribution in [2.45, 2.75) is 26.2 Å². The van der Waals surface area contributed by atoms with Crippen LogP contribution in [-0.4, -0.2) is 22.5 Å². The zero-order valence-electron chi connectivity index (χ0n) is 10.6. The third-order valence-corrected chi connectivity index (χ3v) is 2.82. The molecule has 5 heteroatoms. The smallest absolute Gasteiger partial charge is 0.319 e. The van der Waals surface area contributed by atoms with Gasteiger partial charge in [0.1, 0.15) is 17.1 Å². The molecular formula is C13H15FN2O2. The molecule has 0 saturated carbocycles. The standard InChI is InChI=1S/C13H15FN2O2/c1-4-18-12(17)13(2,3)11-15-9-6-5-8(14)7-10(9)16-11/h5-7H,4H2,1-3H3,(H,15,16). The van der Waals surface area contributed by atoms with Crippen LogP contribution in [0.1, 0.15) is 26.6 Å². The van der Waals surface area contributed by atoms with Crippen LogP contribution in [0.4, 0.5) is 4.39 Å². The predicted octanol–water partition coefficient (Wildman–Crippen LogP) is 2.54. The number of nitrogens with zero attached hydrogens (tertiary/aromatic N) is 1. The van der Waals surface area contributed by atoms with Crippen molar-refractivity contribution in [3.63, 3.8) is 0 Å². The number of hydrogen-bond donors (Lipinski definition) is 1. The Labute approximate surface area is 104 Å². The molecule has 2 aromatic rings. The molecule has 4 nitrogen and oxygen atoms in total. The second-order valence-corrected chi connectivity index (χ2v) is 4.59. The Morgan fingerprint density at radius 3 is 2.89 bits per heavy atom. The van der Waals surface area contributed by atoms with Crippen LogP contribution in [-0.2, 0) is 14.9 Å². The molecule has 0 aliphatic heterocycles. The Balaban J connectivity index is 2.44. The molecule has 0 bridgehead atoms. The minimum atomic E-state index is -0.883. The Hall–Kier alpha value is -1.91. The van der Waals surface area contributed by atoms with Crippen LogP contribution >= 0.6 is 0 Å². The maximum Gasteiger partial charge on any atom is 0.319 e. The van der Waals surface area contributed by atoms with Crippen molar-refractivity contribution in [2.75, 3.05) is 6.61 Å². The van der Waals surface area contributed by atoms with Crippen LogP contribution in [0.25, 0.3) is 11.0 Å². The van der Waals surface area contributed by atoms with Gasteiger partial charge in [0.25, 0.3) is 0 Å². The maximum atomic E-state index is 13.1. The van der Waals surface area contributed by atoms with E-state index in [-0.39, 0.29) is 11.8 Å². The number of nitrogens with one attached hydrogen (secondary N) is 1. The normalized spacial score (nSPS) is 11.8. The van der Waals surface area contributed by atoms with Gasteiger partial charge in [-0.1, -0.05) is 0 Å². The Kier molecular flexibility index (Phi) is 3.07. The second kappa shape index (κ2) is 4.40. The quantitative estimate of drug-likeness (QED) is 0.852. The number of fused-ring (bicyclic) bond motifs is 1. The fourth-order valence-electron chi connectivity index (χ4n) is 1.69. The van der Waals surface area contributed by atoms with Crippen LogP contribution in [0.2, 0.25) is 0 Å². The molecule has 1 heterocycles. The van der Waals surface area contributed by atoms with Crippen LogP contribution in [0.15, 0.2) is 18.2 Å². The number of halogens is 1. The number of ether oxygens (including phenoxy) is 1. The summed E-state index contributed by atoms with van der Waals surface area (Å²) in [6.45, 7) is 5.51. The van der Waals surface area contributed by atoms with Crippen LogP contribution in [0.5, 0.6) is 0 Å². The number of aromatic nitrogens is 2. The monoisotopic (exact) mass is 250 g/mol. The number of aromatic amines is 1. The lowest BCUT2D eigenvalue weighted by atomic mass is 9.93. The van der Waals surface area contributed by atoms with Crippen molar-refractivity contribution in [1.29, 1.82) is 0 Å². The van der Waals surface area contributed by atoms with Gasteiger partial charge in [-0.2, -0.15) is 0 Å². The van der Waals surface area contributed by atoms with Gasteiger partial charge in [0.15, 0.2) is 0 Å². The fraction of sp³-hybridized carbons (Fsp3) is 0.385. The van der Waals surface area contributed by atoms with Gasteiger partial charge in [-0.25, -0.2) is 9.37 Å². The highest BCUT2D eigenvalue weighted by atomic mass is 19.1. The number of carbonyl (C=O) groups is 1. The summed E-state index contributed by atoms with van der Waals surface area (Å²) in [4.78, 5) is 19.1. The van der Waals surface area contributed by atoms with Crippen LogP contribution in [0.3, 0.4) is 0 Å².